The first kappa shape index (κ1) is 24.7. The molecule has 0 bridgehead atoms. The van der Waals surface area contributed by atoms with Crippen molar-refractivity contribution in [3.63, 3.8) is 0 Å². The van der Waals surface area contributed by atoms with Gasteiger partial charge in [0.2, 0.25) is 5.43 Å². The van der Waals surface area contributed by atoms with Gasteiger partial charge >= 0.3 is 6.18 Å². The molecule has 2 unspecified atom stereocenters. The average molecular weight is 485 g/mol. The fourth-order valence-corrected chi connectivity index (χ4v) is 4.62. The maximum Gasteiger partial charge on any atom is 0.416 e. The van der Waals surface area contributed by atoms with Crippen LogP contribution in [-0.2, 0) is 6.18 Å². The van der Waals surface area contributed by atoms with Crippen LogP contribution in [0.5, 0.6) is 0 Å². The molecule has 0 aliphatic carbocycles. The van der Waals surface area contributed by atoms with Gasteiger partial charge in [-0.15, -0.1) is 0 Å². The van der Waals surface area contributed by atoms with Crippen molar-refractivity contribution in [2.24, 2.45) is 0 Å². The number of hydrogen-bond donors (Lipinski definition) is 1. The molecule has 1 N–H and O–H groups in total. The number of carbonyl (C=O) groups is 1. The topological polar surface area (TPSA) is 67.2 Å². The number of carbonyl (C=O) groups excluding carboxylic acids is 1. The maximum absolute atomic E-state index is 13.2. The minimum Gasteiger partial charge on any atom is -0.346 e. The summed E-state index contributed by atoms with van der Waals surface area (Å²) in [6, 6.07) is 15.2. The van der Waals surface area contributed by atoms with Crippen molar-refractivity contribution < 1.29 is 18.0 Å². The number of rotatable bonds is 6. The number of aryl methyl sites for hydroxylation is 1. The molecule has 0 radical (unpaired) electrons. The highest BCUT2D eigenvalue weighted by Crippen LogP contribution is 2.30. The van der Waals surface area contributed by atoms with Crippen LogP contribution in [0.25, 0.3) is 5.69 Å². The van der Waals surface area contributed by atoms with Gasteiger partial charge in [-0.2, -0.15) is 18.3 Å². The van der Waals surface area contributed by atoms with Crippen molar-refractivity contribution >= 4 is 5.91 Å². The summed E-state index contributed by atoms with van der Waals surface area (Å²) in [6.07, 6.45) is -2.38. The van der Waals surface area contributed by atoms with E-state index in [1.165, 1.54) is 22.9 Å². The Morgan fingerprint density at radius 3 is 2.37 bits per heavy atom. The Hall–Kier alpha value is -3.46. The van der Waals surface area contributed by atoms with Gasteiger partial charge in [0.15, 0.2) is 5.69 Å². The van der Waals surface area contributed by atoms with Gasteiger partial charge in [-0.05, 0) is 63.5 Å². The predicted molar refractivity (Wildman–Crippen MR) is 126 cm³/mol. The molecule has 2 atom stereocenters. The number of hydrogen-bond acceptors (Lipinski definition) is 4. The van der Waals surface area contributed by atoms with Crippen molar-refractivity contribution in [1.29, 1.82) is 0 Å². The molecule has 1 fully saturated rings. The Kier molecular flexibility index (Phi) is 7.07. The first-order chi connectivity index (χ1) is 16.6. The van der Waals surface area contributed by atoms with Gasteiger partial charge in [0, 0.05) is 17.8 Å². The molecule has 1 saturated heterocycles. The molecule has 35 heavy (non-hydrogen) atoms. The third-order valence-electron chi connectivity index (χ3n) is 6.25. The van der Waals surface area contributed by atoms with E-state index < -0.39 is 23.1 Å². The highest BCUT2D eigenvalue weighted by molar-refractivity contribution is 5.92. The minimum absolute atomic E-state index is 0.0845. The van der Waals surface area contributed by atoms with E-state index >= 15 is 0 Å². The first-order valence-corrected chi connectivity index (χ1v) is 11.5. The number of benzene rings is 2. The third kappa shape index (κ3) is 5.45. The van der Waals surface area contributed by atoms with Gasteiger partial charge < -0.3 is 5.32 Å². The smallest absolute Gasteiger partial charge is 0.346 e. The Labute approximate surface area is 201 Å². The summed E-state index contributed by atoms with van der Waals surface area (Å²) < 4.78 is 40.8. The van der Waals surface area contributed by atoms with Gasteiger partial charge in [-0.1, -0.05) is 36.4 Å². The third-order valence-corrected chi connectivity index (χ3v) is 6.25. The lowest BCUT2D eigenvalue weighted by Crippen LogP contribution is -2.45. The monoisotopic (exact) mass is 484 g/mol. The Balaban J connectivity index is 1.64. The van der Waals surface area contributed by atoms with Crippen LogP contribution in [0, 0.1) is 6.92 Å². The van der Waals surface area contributed by atoms with Crippen molar-refractivity contribution in [2.45, 2.75) is 44.9 Å². The van der Waals surface area contributed by atoms with E-state index in [0.29, 0.717) is 5.69 Å². The molecule has 3 aromatic rings. The number of aromatic nitrogens is 2. The average Bonchev–Trinajstić information content (AvgIpc) is 3.33. The molecule has 9 heteroatoms. The fraction of sp³-hybridized carbons (Fsp3) is 0.346. The molecule has 0 saturated carbocycles. The van der Waals surface area contributed by atoms with Crippen LogP contribution < -0.4 is 10.7 Å². The molecule has 184 valence electrons. The Bertz CT molecular complexity index is 1250. The lowest BCUT2D eigenvalue weighted by molar-refractivity contribution is -0.137. The molecule has 4 rings (SSSR count). The summed E-state index contributed by atoms with van der Waals surface area (Å²) in [7, 11) is 0. The van der Waals surface area contributed by atoms with E-state index in [4.69, 9.17) is 0 Å². The van der Waals surface area contributed by atoms with E-state index in [0.717, 1.165) is 43.6 Å². The minimum atomic E-state index is -4.53. The zero-order chi connectivity index (χ0) is 25.2. The van der Waals surface area contributed by atoms with Gasteiger partial charge in [-0.3, -0.25) is 14.5 Å². The quantitative estimate of drug-likeness (QED) is 0.559. The summed E-state index contributed by atoms with van der Waals surface area (Å²) in [5.74, 6) is -0.664. The molecule has 1 aliphatic heterocycles. The number of amides is 1. The summed E-state index contributed by atoms with van der Waals surface area (Å²) in [5, 5.41) is 7.07. The van der Waals surface area contributed by atoms with Gasteiger partial charge in [0.05, 0.1) is 17.3 Å². The molecule has 1 aromatic heterocycles. The summed E-state index contributed by atoms with van der Waals surface area (Å²) >= 11 is 0. The van der Waals surface area contributed by atoms with Gasteiger partial charge in [0.25, 0.3) is 5.91 Å². The Morgan fingerprint density at radius 1 is 1.03 bits per heavy atom. The van der Waals surface area contributed by atoms with Crippen LogP contribution in [0.1, 0.15) is 53.1 Å². The molecule has 2 aromatic carbocycles. The second-order valence-corrected chi connectivity index (χ2v) is 8.82. The molecule has 1 aliphatic rings. The van der Waals surface area contributed by atoms with Crippen LogP contribution in [0.15, 0.2) is 65.5 Å². The SMILES string of the molecule is Cc1cc(=O)c(C(=O)NC(C)C(c2ccccc2)N2CCCC2)nn1-c1cccc(C(F)(F)F)c1. The molecule has 2 heterocycles. The number of nitrogens with one attached hydrogen (secondary N) is 1. The van der Waals surface area contributed by atoms with Crippen molar-refractivity contribution in [3.05, 3.63) is 93.4 Å². The number of likely N-dealkylation sites (tertiary alicyclic amines) is 1. The van der Waals surface area contributed by atoms with E-state index in [2.05, 4.69) is 15.3 Å². The van der Waals surface area contributed by atoms with E-state index in [1.54, 1.807) is 6.92 Å². The lowest BCUT2D eigenvalue weighted by atomic mass is 9.98. The normalized spacial score (nSPS) is 16.1. The number of nitrogens with zero attached hydrogens (tertiary/aromatic N) is 3. The first-order valence-electron chi connectivity index (χ1n) is 11.5. The molecule has 0 spiro atoms. The van der Waals surface area contributed by atoms with Crippen LogP contribution >= 0.6 is 0 Å². The second-order valence-electron chi connectivity index (χ2n) is 8.82. The van der Waals surface area contributed by atoms with Gasteiger partial charge in [0.1, 0.15) is 0 Å². The van der Waals surface area contributed by atoms with E-state index in [9.17, 15) is 22.8 Å². The number of alkyl halides is 3. The van der Waals surface area contributed by atoms with Crippen molar-refractivity contribution in [3.8, 4) is 5.69 Å². The molecule has 6 nitrogen and oxygen atoms in total. The predicted octanol–water partition coefficient (Wildman–Crippen LogP) is 4.52. The second kappa shape index (κ2) is 10.0. The lowest BCUT2D eigenvalue weighted by Gasteiger charge is -2.33. The molecule has 1 amide bonds. The van der Waals surface area contributed by atoms with Crippen LogP contribution in [0.3, 0.4) is 0 Å². The van der Waals surface area contributed by atoms with Crippen molar-refractivity contribution in [2.75, 3.05) is 13.1 Å². The standard InChI is InChI=1S/C26H27F3N4O2/c1-17-15-22(34)23(31-33(17)21-12-8-11-20(16-21)26(27,28)29)25(35)30-18(2)24(32-13-6-7-14-32)19-9-4-3-5-10-19/h3-5,8-12,15-16,18,24H,6-7,13-14H2,1-2H3,(H,30,35). The zero-order valence-electron chi connectivity index (χ0n) is 19.5. The summed E-state index contributed by atoms with van der Waals surface area (Å²) in [4.78, 5) is 28.1. The van der Waals surface area contributed by atoms with Crippen LogP contribution in [0.2, 0.25) is 0 Å². The molecular weight excluding hydrogens is 457 g/mol. The van der Waals surface area contributed by atoms with Crippen LogP contribution in [0.4, 0.5) is 13.2 Å². The largest absolute Gasteiger partial charge is 0.416 e. The highest BCUT2D eigenvalue weighted by atomic mass is 19.4. The summed E-state index contributed by atoms with van der Waals surface area (Å²) in [6.45, 7) is 5.25. The van der Waals surface area contributed by atoms with Crippen molar-refractivity contribution in [1.82, 2.24) is 20.0 Å². The fourth-order valence-electron chi connectivity index (χ4n) is 4.62. The highest BCUT2D eigenvalue weighted by Gasteiger charge is 2.32. The maximum atomic E-state index is 13.2. The Morgan fingerprint density at radius 2 is 1.71 bits per heavy atom. The molecular formula is C26H27F3N4O2. The van der Waals surface area contributed by atoms with E-state index in [1.807, 2.05) is 37.3 Å². The van der Waals surface area contributed by atoms with Gasteiger partial charge in [-0.25, -0.2) is 4.68 Å². The van der Waals surface area contributed by atoms with E-state index in [-0.39, 0.29) is 23.5 Å². The summed E-state index contributed by atoms with van der Waals surface area (Å²) in [5.41, 5.74) is -0.316. The number of halogens is 3. The zero-order valence-corrected chi connectivity index (χ0v) is 19.5. The van der Waals surface area contributed by atoms with Crippen LogP contribution in [-0.4, -0.2) is 39.7 Å².